The summed E-state index contributed by atoms with van der Waals surface area (Å²) in [6.07, 6.45) is 4.01. The van der Waals surface area contributed by atoms with Gasteiger partial charge >= 0.3 is 5.97 Å². The monoisotopic (exact) mass is 408 g/mol. The number of rotatable bonds is 7. The molecule has 0 amide bonds. The Morgan fingerprint density at radius 2 is 2.00 bits per heavy atom. The fraction of sp³-hybridized carbons (Fsp3) is 0.217. The molecule has 30 heavy (non-hydrogen) atoms. The second-order valence-corrected chi connectivity index (χ2v) is 7.02. The van der Waals surface area contributed by atoms with Crippen LogP contribution in [-0.2, 0) is 11.3 Å². The van der Waals surface area contributed by atoms with Crippen molar-refractivity contribution >= 4 is 17.3 Å². The Balaban J connectivity index is 1.68. The molecule has 0 aliphatic carbocycles. The van der Waals surface area contributed by atoms with Gasteiger partial charge in [0.1, 0.15) is 6.10 Å². The number of nitrogens with zero attached hydrogens (tertiary/aromatic N) is 2. The van der Waals surface area contributed by atoms with Gasteiger partial charge < -0.3 is 19.5 Å². The minimum atomic E-state index is -0.989. The molecule has 3 aromatic rings. The molecular formula is C23H21FN2O4. The van der Waals surface area contributed by atoms with E-state index in [1.807, 2.05) is 17.0 Å². The first-order valence-electron chi connectivity index (χ1n) is 9.64. The third kappa shape index (κ3) is 4.58. The third-order valence-electron chi connectivity index (χ3n) is 4.90. The number of aromatic carboxylic acids is 1. The maximum absolute atomic E-state index is 14.4. The molecule has 4 rings (SSSR count). The number of aromatic nitrogens is 1. The zero-order valence-corrected chi connectivity index (χ0v) is 16.2. The van der Waals surface area contributed by atoms with E-state index in [9.17, 15) is 14.3 Å². The van der Waals surface area contributed by atoms with Gasteiger partial charge in [0.05, 0.1) is 18.8 Å². The molecule has 1 N–H and O–H groups in total. The molecule has 1 aliphatic heterocycles. The first-order chi connectivity index (χ1) is 14.6. The highest BCUT2D eigenvalue weighted by molar-refractivity contribution is 5.88. The van der Waals surface area contributed by atoms with Crippen LogP contribution >= 0.6 is 0 Å². The van der Waals surface area contributed by atoms with Gasteiger partial charge in [0.15, 0.2) is 11.6 Å². The van der Waals surface area contributed by atoms with Crippen molar-refractivity contribution in [2.75, 3.05) is 18.1 Å². The van der Waals surface area contributed by atoms with Gasteiger partial charge in [0, 0.05) is 42.8 Å². The van der Waals surface area contributed by atoms with Crippen molar-refractivity contribution in [2.45, 2.75) is 19.1 Å². The molecule has 7 heteroatoms. The van der Waals surface area contributed by atoms with Crippen molar-refractivity contribution in [2.24, 2.45) is 0 Å². The summed E-state index contributed by atoms with van der Waals surface area (Å²) in [5, 5.41) is 9.18. The van der Waals surface area contributed by atoms with E-state index in [1.165, 1.54) is 6.07 Å². The number of hydrogen-bond donors (Lipinski definition) is 1. The number of pyridine rings is 1. The standard InChI is InChI=1S/C23H21FN2O4/c24-21-8-7-19(12-22(21)30-20-9-11-29-15-20)26(14-16-2-1-10-25-13-16)18-5-3-17(4-6-18)23(27)28/h1-8,10,12-13,20H,9,11,14-15H2,(H,27,28)/t20-/m1/s1. The predicted octanol–water partition coefficient (Wildman–Crippen LogP) is 4.42. The summed E-state index contributed by atoms with van der Waals surface area (Å²) in [6, 6.07) is 15.1. The Labute approximate surface area is 173 Å². The SMILES string of the molecule is O=C(O)c1ccc(N(Cc2cccnc2)c2ccc(F)c(O[C@@H]3CCOC3)c2)cc1. The van der Waals surface area contributed by atoms with E-state index in [4.69, 9.17) is 9.47 Å². The van der Waals surface area contributed by atoms with E-state index < -0.39 is 11.8 Å². The highest BCUT2D eigenvalue weighted by Gasteiger charge is 2.20. The summed E-state index contributed by atoms with van der Waals surface area (Å²) in [5.41, 5.74) is 2.64. The number of halogens is 1. The summed E-state index contributed by atoms with van der Waals surface area (Å²) >= 11 is 0. The highest BCUT2D eigenvalue weighted by Crippen LogP contribution is 2.32. The lowest BCUT2D eigenvalue weighted by Crippen LogP contribution is -2.19. The summed E-state index contributed by atoms with van der Waals surface area (Å²) in [4.78, 5) is 17.3. The van der Waals surface area contributed by atoms with Gasteiger partial charge in [-0.15, -0.1) is 0 Å². The molecule has 2 heterocycles. The number of hydrogen-bond acceptors (Lipinski definition) is 5. The van der Waals surface area contributed by atoms with Crippen molar-refractivity contribution in [3.05, 3.63) is 83.9 Å². The van der Waals surface area contributed by atoms with E-state index in [1.54, 1.807) is 48.8 Å². The van der Waals surface area contributed by atoms with Gasteiger partial charge in [0.25, 0.3) is 0 Å². The van der Waals surface area contributed by atoms with Crippen LogP contribution in [0.4, 0.5) is 15.8 Å². The summed E-state index contributed by atoms with van der Waals surface area (Å²) in [7, 11) is 0. The van der Waals surface area contributed by atoms with Gasteiger partial charge in [-0.25, -0.2) is 9.18 Å². The molecule has 0 bridgehead atoms. The molecule has 154 valence electrons. The van der Waals surface area contributed by atoms with E-state index in [2.05, 4.69) is 4.98 Å². The highest BCUT2D eigenvalue weighted by atomic mass is 19.1. The average Bonchev–Trinajstić information content (AvgIpc) is 3.28. The summed E-state index contributed by atoms with van der Waals surface area (Å²) in [6.45, 7) is 1.52. The quantitative estimate of drug-likeness (QED) is 0.624. The van der Waals surface area contributed by atoms with Crippen molar-refractivity contribution in [3.8, 4) is 5.75 Å². The van der Waals surface area contributed by atoms with E-state index in [0.29, 0.717) is 19.8 Å². The lowest BCUT2D eigenvalue weighted by molar-refractivity contribution is 0.0697. The van der Waals surface area contributed by atoms with Gasteiger partial charge in [-0.05, 0) is 48.0 Å². The first-order valence-corrected chi connectivity index (χ1v) is 9.64. The lowest BCUT2D eigenvalue weighted by Gasteiger charge is -2.26. The smallest absolute Gasteiger partial charge is 0.335 e. The Morgan fingerprint density at radius 1 is 1.20 bits per heavy atom. The fourth-order valence-electron chi connectivity index (χ4n) is 3.33. The largest absolute Gasteiger partial charge is 0.485 e. The molecular weight excluding hydrogens is 387 g/mol. The van der Waals surface area contributed by atoms with Crippen molar-refractivity contribution in [3.63, 3.8) is 0 Å². The number of benzene rings is 2. The maximum atomic E-state index is 14.4. The van der Waals surface area contributed by atoms with E-state index >= 15 is 0 Å². The van der Waals surface area contributed by atoms with Crippen LogP contribution in [0.25, 0.3) is 0 Å². The normalized spacial score (nSPS) is 15.7. The number of anilines is 2. The minimum absolute atomic E-state index is 0.168. The number of carboxylic acids is 1. The Bertz CT molecular complexity index is 1010. The zero-order valence-electron chi connectivity index (χ0n) is 16.2. The first kappa shape index (κ1) is 19.8. The topological polar surface area (TPSA) is 71.9 Å². The van der Waals surface area contributed by atoms with Crippen LogP contribution < -0.4 is 9.64 Å². The molecule has 1 fully saturated rings. The molecule has 1 saturated heterocycles. The van der Waals surface area contributed by atoms with Crippen LogP contribution in [0.3, 0.4) is 0 Å². The molecule has 0 unspecified atom stereocenters. The van der Waals surface area contributed by atoms with Crippen LogP contribution in [0, 0.1) is 5.82 Å². The number of carboxylic acid groups (broad SMARTS) is 1. The molecule has 0 saturated carbocycles. The zero-order chi connectivity index (χ0) is 20.9. The average molecular weight is 408 g/mol. The van der Waals surface area contributed by atoms with Gasteiger partial charge in [0.2, 0.25) is 0 Å². The van der Waals surface area contributed by atoms with Gasteiger partial charge in [-0.1, -0.05) is 6.07 Å². The maximum Gasteiger partial charge on any atom is 0.335 e. The predicted molar refractivity (Wildman–Crippen MR) is 110 cm³/mol. The molecule has 6 nitrogen and oxygen atoms in total. The Morgan fingerprint density at radius 3 is 2.67 bits per heavy atom. The Hall–Kier alpha value is -3.45. The van der Waals surface area contributed by atoms with E-state index in [-0.39, 0.29) is 17.4 Å². The summed E-state index contributed by atoms with van der Waals surface area (Å²) < 4.78 is 25.5. The lowest BCUT2D eigenvalue weighted by atomic mass is 10.1. The van der Waals surface area contributed by atoms with Crippen molar-refractivity contribution in [1.29, 1.82) is 0 Å². The molecule has 2 aromatic carbocycles. The Kier molecular flexibility index (Phi) is 5.90. The minimum Gasteiger partial charge on any atom is -0.485 e. The summed E-state index contributed by atoms with van der Waals surface area (Å²) in [5.74, 6) is -1.26. The van der Waals surface area contributed by atoms with Crippen LogP contribution in [0.5, 0.6) is 5.75 Å². The van der Waals surface area contributed by atoms with Gasteiger partial charge in [-0.3, -0.25) is 4.98 Å². The van der Waals surface area contributed by atoms with Crippen LogP contribution in [-0.4, -0.2) is 35.4 Å². The third-order valence-corrected chi connectivity index (χ3v) is 4.90. The van der Waals surface area contributed by atoms with Gasteiger partial charge in [-0.2, -0.15) is 0 Å². The molecule has 1 aliphatic rings. The molecule has 0 spiro atoms. The van der Waals surface area contributed by atoms with E-state index in [0.717, 1.165) is 23.4 Å². The second kappa shape index (κ2) is 8.92. The molecule has 1 aromatic heterocycles. The van der Waals surface area contributed by atoms with Crippen molar-refractivity contribution in [1.82, 2.24) is 4.98 Å². The van der Waals surface area contributed by atoms with Crippen LogP contribution in [0.1, 0.15) is 22.3 Å². The number of carbonyl (C=O) groups is 1. The van der Waals surface area contributed by atoms with Crippen molar-refractivity contribution < 1.29 is 23.8 Å². The molecule has 1 atom stereocenters. The second-order valence-electron chi connectivity index (χ2n) is 7.02. The molecule has 0 radical (unpaired) electrons. The fourth-order valence-corrected chi connectivity index (χ4v) is 3.33. The number of ether oxygens (including phenoxy) is 2. The van der Waals surface area contributed by atoms with Crippen LogP contribution in [0.15, 0.2) is 67.0 Å². The van der Waals surface area contributed by atoms with Crippen LogP contribution in [0.2, 0.25) is 0 Å².